The van der Waals surface area contributed by atoms with Gasteiger partial charge >= 0.3 is 8.80 Å². The molecular weight excluding hydrogens is 276 g/mol. The van der Waals surface area contributed by atoms with Gasteiger partial charge in [-0.05, 0) is 26.2 Å². The van der Waals surface area contributed by atoms with Crippen molar-refractivity contribution in [3.05, 3.63) is 0 Å². The Morgan fingerprint density at radius 1 is 0.950 bits per heavy atom. The maximum Gasteiger partial charge on any atom is 0.528 e. The van der Waals surface area contributed by atoms with E-state index in [2.05, 4.69) is 20.8 Å². The fourth-order valence-electron chi connectivity index (χ4n) is 1.62. The van der Waals surface area contributed by atoms with E-state index in [0.29, 0.717) is 32.7 Å². The number of ether oxygens (including phenoxy) is 2. The van der Waals surface area contributed by atoms with Gasteiger partial charge in [-0.1, -0.05) is 20.8 Å². The molecule has 0 amide bonds. The fourth-order valence-corrected chi connectivity index (χ4v) is 4.02. The lowest BCUT2D eigenvalue weighted by Gasteiger charge is -2.29. The van der Waals surface area contributed by atoms with Gasteiger partial charge in [-0.25, -0.2) is 0 Å². The summed E-state index contributed by atoms with van der Waals surface area (Å²) in [6, 6.07) is 0. The first-order valence-electron chi connectivity index (χ1n) is 7.73. The summed E-state index contributed by atoms with van der Waals surface area (Å²) in [6.45, 7) is 11.6. The Hall–Kier alpha value is 0.0169. The Morgan fingerprint density at radius 2 is 1.40 bits per heavy atom. The predicted molar refractivity (Wildman–Crippen MR) is 79.7 cm³/mol. The summed E-state index contributed by atoms with van der Waals surface area (Å²) in [5.74, 6) is 0. The molecule has 1 unspecified atom stereocenters. The highest BCUT2D eigenvalue weighted by Gasteiger charge is 2.45. The van der Waals surface area contributed by atoms with Gasteiger partial charge in [-0.15, -0.1) is 0 Å². The summed E-state index contributed by atoms with van der Waals surface area (Å²) in [7, 11) is -2.71. The highest BCUT2D eigenvalue weighted by Crippen LogP contribution is 2.26. The third-order valence-corrected chi connectivity index (χ3v) is 5.39. The Kier molecular flexibility index (Phi) is 8.24. The summed E-state index contributed by atoms with van der Waals surface area (Å²) in [5, 5.41) is 0. The first-order chi connectivity index (χ1) is 9.60. The Labute approximate surface area is 124 Å². The van der Waals surface area contributed by atoms with Crippen LogP contribution in [0.1, 0.15) is 47.0 Å². The highest BCUT2D eigenvalue weighted by atomic mass is 28.4. The number of rotatable bonds is 13. The van der Waals surface area contributed by atoms with E-state index in [-0.39, 0.29) is 5.60 Å². The molecule has 1 aliphatic heterocycles. The molecule has 6 heteroatoms. The zero-order valence-electron chi connectivity index (χ0n) is 13.4. The molecule has 0 aromatic rings. The molecule has 0 aliphatic carbocycles. The second-order valence-corrected chi connectivity index (χ2v) is 7.98. The molecule has 20 heavy (non-hydrogen) atoms. The molecule has 1 aliphatic rings. The SMILES string of the molecule is CCCO[Si](COCC1(C)CO1)(OCCC)OCCC. The monoisotopic (exact) mass is 306 g/mol. The van der Waals surface area contributed by atoms with Gasteiger partial charge in [0.25, 0.3) is 0 Å². The first-order valence-corrected chi connectivity index (χ1v) is 9.66. The molecule has 1 rings (SSSR count). The average Bonchev–Trinajstić information content (AvgIpc) is 3.18. The molecule has 120 valence electrons. The molecule has 1 saturated heterocycles. The van der Waals surface area contributed by atoms with Crippen LogP contribution in [0.3, 0.4) is 0 Å². The van der Waals surface area contributed by atoms with E-state index >= 15 is 0 Å². The van der Waals surface area contributed by atoms with Gasteiger partial charge in [0.2, 0.25) is 0 Å². The number of hydrogen-bond acceptors (Lipinski definition) is 5. The smallest absolute Gasteiger partial charge is 0.374 e. The van der Waals surface area contributed by atoms with Gasteiger partial charge in [-0.3, -0.25) is 0 Å². The maximum atomic E-state index is 5.95. The van der Waals surface area contributed by atoms with E-state index in [1.807, 2.05) is 6.92 Å². The van der Waals surface area contributed by atoms with Crippen LogP contribution in [0, 0.1) is 0 Å². The van der Waals surface area contributed by atoms with Crippen molar-refractivity contribution in [3.63, 3.8) is 0 Å². The van der Waals surface area contributed by atoms with Gasteiger partial charge in [0.05, 0.1) is 13.2 Å². The van der Waals surface area contributed by atoms with Crippen molar-refractivity contribution in [3.8, 4) is 0 Å². The fraction of sp³-hybridized carbons (Fsp3) is 1.00. The Balaban J connectivity index is 2.50. The standard InChI is InChI=1S/C14H30O5Si/c1-5-8-17-20(18-9-6-2,19-10-7-3)13-15-11-14(4)12-16-14/h5-13H2,1-4H3. The van der Waals surface area contributed by atoms with Crippen molar-refractivity contribution in [2.24, 2.45) is 0 Å². The Bertz CT molecular complexity index is 236. The van der Waals surface area contributed by atoms with Crippen molar-refractivity contribution < 1.29 is 22.8 Å². The van der Waals surface area contributed by atoms with Crippen LogP contribution in [0.15, 0.2) is 0 Å². The predicted octanol–water partition coefficient (Wildman–Crippen LogP) is 2.55. The van der Waals surface area contributed by atoms with E-state index in [4.69, 9.17) is 22.8 Å². The largest absolute Gasteiger partial charge is 0.528 e. The quantitative estimate of drug-likeness (QED) is 0.386. The molecule has 0 aromatic carbocycles. The van der Waals surface area contributed by atoms with Crippen LogP contribution in [0.4, 0.5) is 0 Å². The van der Waals surface area contributed by atoms with Crippen LogP contribution in [0.2, 0.25) is 0 Å². The van der Waals surface area contributed by atoms with E-state index in [9.17, 15) is 0 Å². The lowest BCUT2D eigenvalue weighted by atomic mass is 10.2. The summed E-state index contributed by atoms with van der Waals surface area (Å²) in [4.78, 5) is 0. The molecule has 0 saturated carbocycles. The number of hydrogen-bond donors (Lipinski definition) is 0. The topological polar surface area (TPSA) is 49.5 Å². The van der Waals surface area contributed by atoms with Crippen molar-refractivity contribution in [1.29, 1.82) is 0 Å². The van der Waals surface area contributed by atoms with Gasteiger partial charge in [0, 0.05) is 19.8 Å². The highest BCUT2D eigenvalue weighted by molar-refractivity contribution is 6.60. The van der Waals surface area contributed by atoms with Crippen molar-refractivity contribution >= 4 is 8.80 Å². The van der Waals surface area contributed by atoms with Crippen molar-refractivity contribution in [1.82, 2.24) is 0 Å². The minimum absolute atomic E-state index is 0.111. The summed E-state index contributed by atoms with van der Waals surface area (Å²) in [6.07, 6.45) is 3.24. The van der Waals surface area contributed by atoms with Crippen LogP contribution in [-0.2, 0) is 22.8 Å². The lowest BCUT2D eigenvalue weighted by molar-refractivity contribution is 0.0130. The summed E-state index contributed by atoms with van der Waals surface area (Å²) >= 11 is 0. The molecule has 0 N–H and O–H groups in total. The summed E-state index contributed by atoms with van der Waals surface area (Å²) < 4.78 is 28.9. The Morgan fingerprint density at radius 3 is 1.75 bits per heavy atom. The maximum absolute atomic E-state index is 5.95. The minimum Gasteiger partial charge on any atom is -0.374 e. The first kappa shape index (κ1) is 18.1. The van der Waals surface area contributed by atoms with Crippen LogP contribution < -0.4 is 0 Å². The van der Waals surface area contributed by atoms with E-state index < -0.39 is 8.80 Å². The molecule has 5 nitrogen and oxygen atoms in total. The van der Waals surface area contributed by atoms with Crippen LogP contribution in [-0.4, -0.2) is 53.7 Å². The molecule has 0 bridgehead atoms. The van der Waals surface area contributed by atoms with Gasteiger partial charge < -0.3 is 22.8 Å². The molecular formula is C14H30O5Si. The van der Waals surface area contributed by atoms with Gasteiger partial charge in [0.15, 0.2) is 0 Å². The van der Waals surface area contributed by atoms with Gasteiger partial charge in [0.1, 0.15) is 11.8 Å². The second kappa shape index (κ2) is 9.12. The molecule has 1 fully saturated rings. The van der Waals surface area contributed by atoms with Gasteiger partial charge in [-0.2, -0.15) is 0 Å². The summed E-state index contributed by atoms with van der Waals surface area (Å²) in [5.41, 5.74) is -0.111. The number of epoxide rings is 1. The van der Waals surface area contributed by atoms with E-state index in [1.165, 1.54) is 0 Å². The zero-order chi connectivity index (χ0) is 14.9. The van der Waals surface area contributed by atoms with Crippen molar-refractivity contribution in [2.75, 3.05) is 39.3 Å². The molecule has 1 atom stereocenters. The normalized spacial score (nSPS) is 22.2. The molecule has 0 radical (unpaired) electrons. The molecule has 1 heterocycles. The minimum atomic E-state index is -2.71. The van der Waals surface area contributed by atoms with E-state index in [1.54, 1.807) is 0 Å². The third-order valence-electron chi connectivity index (χ3n) is 2.90. The van der Waals surface area contributed by atoms with E-state index in [0.717, 1.165) is 25.9 Å². The van der Waals surface area contributed by atoms with Crippen molar-refractivity contribution in [2.45, 2.75) is 52.6 Å². The molecule has 0 aromatic heterocycles. The zero-order valence-corrected chi connectivity index (χ0v) is 14.4. The molecule has 0 spiro atoms. The third kappa shape index (κ3) is 6.65. The average molecular weight is 306 g/mol. The van der Waals surface area contributed by atoms with Crippen LogP contribution in [0.25, 0.3) is 0 Å². The lowest BCUT2D eigenvalue weighted by Crippen LogP contribution is -2.51. The van der Waals surface area contributed by atoms with Crippen LogP contribution >= 0.6 is 0 Å². The van der Waals surface area contributed by atoms with Crippen LogP contribution in [0.5, 0.6) is 0 Å². The second-order valence-electron chi connectivity index (χ2n) is 5.46.